The zero-order valence-electron chi connectivity index (χ0n) is 8.44. The Hall–Kier alpha value is -1.55. The lowest BCUT2D eigenvalue weighted by molar-refractivity contribution is 0.0988. The van der Waals surface area contributed by atoms with Gasteiger partial charge in [-0.1, -0.05) is 15.9 Å². The van der Waals surface area contributed by atoms with Crippen LogP contribution in [-0.2, 0) is 6.42 Å². The van der Waals surface area contributed by atoms with Crippen LogP contribution >= 0.6 is 15.9 Å². The molecule has 0 saturated carbocycles. The van der Waals surface area contributed by atoms with Crippen LogP contribution in [-0.4, -0.2) is 5.78 Å². The van der Waals surface area contributed by atoms with Crippen LogP contribution in [0.4, 0.5) is 5.69 Å². The molecule has 2 aromatic rings. The van der Waals surface area contributed by atoms with E-state index in [-0.39, 0.29) is 12.2 Å². The first-order valence-corrected chi connectivity index (χ1v) is 5.57. The Kier molecular flexibility index (Phi) is 3.10. The number of hydrogen-bond acceptors (Lipinski definition) is 3. The van der Waals surface area contributed by atoms with Gasteiger partial charge in [-0.15, -0.1) is 0 Å². The third-order valence-electron chi connectivity index (χ3n) is 2.23. The van der Waals surface area contributed by atoms with Crippen molar-refractivity contribution in [3.8, 4) is 0 Å². The summed E-state index contributed by atoms with van der Waals surface area (Å²) in [4.78, 5) is 11.9. The van der Waals surface area contributed by atoms with Gasteiger partial charge in [0.1, 0.15) is 5.76 Å². The van der Waals surface area contributed by atoms with E-state index in [2.05, 4.69) is 15.9 Å². The van der Waals surface area contributed by atoms with E-state index in [1.807, 2.05) is 0 Å². The van der Waals surface area contributed by atoms with Crippen molar-refractivity contribution >= 4 is 27.4 Å². The monoisotopic (exact) mass is 279 g/mol. The molecule has 16 heavy (non-hydrogen) atoms. The van der Waals surface area contributed by atoms with Crippen molar-refractivity contribution in [2.45, 2.75) is 6.42 Å². The number of hydrogen-bond donors (Lipinski definition) is 1. The molecule has 1 aromatic heterocycles. The van der Waals surface area contributed by atoms with Crippen molar-refractivity contribution in [2.75, 3.05) is 5.73 Å². The van der Waals surface area contributed by atoms with Crippen LogP contribution in [0.5, 0.6) is 0 Å². The van der Waals surface area contributed by atoms with Gasteiger partial charge in [0.05, 0.1) is 12.7 Å². The molecule has 0 radical (unpaired) electrons. The molecule has 1 heterocycles. The summed E-state index contributed by atoms with van der Waals surface area (Å²) in [6, 6.07) is 8.76. The number of carbonyl (C=O) groups excluding carboxylic acids is 1. The Balaban J connectivity index is 2.21. The summed E-state index contributed by atoms with van der Waals surface area (Å²) in [5.41, 5.74) is 6.77. The molecule has 3 nitrogen and oxygen atoms in total. The number of benzene rings is 1. The molecule has 0 atom stereocenters. The van der Waals surface area contributed by atoms with E-state index >= 15 is 0 Å². The number of ketones is 1. The fourth-order valence-electron chi connectivity index (χ4n) is 1.45. The molecule has 0 aliphatic rings. The number of rotatable bonds is 3. The van der Waals surface area contributed by atoms with E-state index in [4.69, 9.17) is 10.2 Å². The summed E-state index contributed by atoms with van der Waals surface area (Å²) in [5.74, 6) is 0.604. The summed E-state index contributed by atoms with van der Waals surface area (Å²) in [6.45, 7) is 0. The van der Waals surface area contributed by atoms with Crippen LogP contribution in [0.2, 0.25) is 0 Å². The van der Waals surface area contributed by atoms with Gasteiger partial charge < -0.3 is 10.2 Å². The van der Waals surface area contributed by atoms with Crippen molar-refractivity contribution in [1.82, 2.24) is 0 Å². The molecule has 2 N–H and O–H groups in total. The molecule has 0 saturated heterocycles. The lowest BCUT2D eigenvalue weighted by atomic mass is 10.1. The van der Waals surface area contributed by atoms with Crippen molar-refractivity contribution in [3.63, 3.8) is 0 Å². The number of anilines is 1. The van der Waals surface area contributed by atoms with Crippen molar-refractivity contribution in [1.29, 1.82) is 0 Å². The second-order valence-corrected chi connectivity index (χ2v) is 4.33. The molecule has 0 aliphatic carbocycles. The maximum absolute atomic E-state index is 11.9. The van der Waals surface area contributed by atoms with Gasteiger partial charge in [-0.05, 0) is 30.3 Å². The normalized spacial score (nSPS) is 10.3. The number of nitrogen functional groups attached to an aromatic ring is 1. The minimum absolute atomic E-state index is 0.0417. The van der Waals surface area contributed by atoms with E-state index in [0.717, 1.165) is 4.47 Å². The standard InChI is InChI=1S/C12H10BrNO2/c13-8-3-4-10(11(14)6-8)12(15)7-9-2-1-5-16-9/h1-6H,7,14H2. The minimum Gasteiger partial charge on any atom is -0.469 e. The molecule has 0 aliphatic heterocycles. The highest BCUT2D eigenvalue weighted by Crippen LogP contribution is 2.20. The summed E-state index contributed by atoms with van der Waals surface area (Å²) in [7, 11) is 0. The van der Waals surface area contributed by atoms with Gasteiger partial charge in [0.15, 0.2) is 5.78 Å². The number of halogens is 1. The Morgan fingerprint density at radius 1 is 1.38 bits per heavy atom. The number of Topliss-reactive ketones (excluding diaryl/α,β-unsaturated/α-hetero) is 1. The largest absolute Gasteiger partial charge is 0.469 e. The molecule has 0 spiro atoms. The van der Waals surface area contributed by atoms with E-state index in [0.29, 0.717) is 17.0 Å². The van der Waals surface area contributed by atoms with Gasteiger partial charge in [-0.3, -0.25) is 4.79 Å². The van der Waals surface area contributed by atoms with Crippen LogP contribution in [0.15, 0.2) is 45.5 Å². The quantitative estimate of drug-likeness (QED) is 0.694. The lowest BCUT2D eigenvalue weighted by Gasteiger charge is -2.03. The molecule has 1 aromatic carbocycles. The van der Waals surface area contributed by atoms with Crippen LogP contribution in [0, 0.1) is 0 Å². The molecule has 0 fully saturated rings. The average Bonchev–Trinajstić information content (AvgIpc) is 2.70. The van der Waals surface area contributed by atoms with Crippen molar-refractivity contribution in [2.24, 2.45) is 0 Å². The summed E-state index contributed by atoms with van der Waals surface area (Å²) >= 11 is 3.30. The lowest BCUT2D eigenvalue weighted by Crippen LogP contribution is -2.06. The van der Waals surface area contributed by atoms with E-state index < -0.39 is 0 Å². The van der Waals surface area contributed by atoms with E-state index in [9.17, 15) is 4.79 Å². The van der Waals surface area contributed by atoms with Crippen molar-refractivity contribution < 1.29 is 9.21 Å². The van der Waals surface area contributed by atoms with Crippen LogP contribution < -0.4 is 5.73 Å². The topological polar surface area (TPSA) is 56.2 Å². The second kappa shape index (κ2) is 4.53. The smallest absolute Gasteiger partial charge is 0.172 e. The fourth-order valence-corrected chi connectivity index (χ4v) is 1.83. The second-order valence-electron chi connectivity index (χ2n) is 3.41. The maximum atomic E-state index is 11.9. The Morgan fingerprint density at radius 2 is 2.19 bits per heavy atom. The number of furan rings is 1. The first kappa shape index (κ1) is 11.0. The molecule has 82 valence electrons. The Bertz CT molecular complexity index is 506. The third kappa shape index (κ3) is 2.33. The minimum atomic E-state index is -0.0417. The highest BCUT2D eigenvalue weighted by molar-refractivity contribution is 9.10. The summed E-state index contributed by atoms with van der Waals surface area (Å²) in [6.07, 6.45) is 1.78. The Labute approximate surface area is 101 Å². The van der Waals surface area contributed by atoms with Gasteiger partial charge in [-0.2, -0.15) is 0 Å². The van der Waals surface area contributed by atoms with Gasteiger partial charge >= 0.3 is 0 Å². The van der Waals surface area contributed by atoms with Crippen LogP contribution in [0.25, 0.3) is 0 Å². The van der Waals surface area contributed by atoms with Crippen molar-refractivity contribution in [3.05, 3.63) is 52.4 Å². The molecule has 4 heteroatoms. The van der Waals surface area contributed by atoms with Gasteiger partial charge in [0, 0.05) is 15.7 Å². The van der Waals surface area contributed by atoms with E-state index in [1.54, 1.807) is 36.6 Å². The van der Waals surface area contributed by atoms with Crippen LogP contribution in [0.3, 0.4) is 0 Å². The first-order valence-electron chi connectivity index (χ1n) is 4.77. The fraction of sp³-hybridized carbons (Fsp3) is 0.0833. The van der Waals surface area contributed by atoms with Gasteiger partial charge in [-0.25, -0.2) is 0 Å². The van der Waals surface area contributed by atoms with E-state index in [1.165, 1.54) is 0 Å². The first-order chi connectivity index (χ1) is 7.66. The molecule has 0 bridgehead atoms. The molecule has 0 amide bonds. The summed E-state index contributed by atoms with van der Waals surface area (Å²) in [5, 5.41) is 0. The zero-order valence-corrected chi connectivity index (χ0v) is 10.0. The molecular weight excluding hydrogens is 270 g/mol. The molecule has 2 rings (SSSR count). The molecular formula is C12H10BrNO2. The zero-order chi connectivity index (χ0) is 11.5. The molecule has 0 unspecified atom stereocenters. The SMILES string of the molecule is Nc1cc(Br)ccc1C(=O)Cc1ccco1. The third-order valence-corrected chi connectivity index (χ3v) is 2.72. The Morgan fingerprint density at radius 3 is 2.81 bits per heavy atom. The van der Waals surface area contributed by atoms with Gasteiger partial charge in [0.2, 0.25) is 0 Å². The summed E-state index contributed by atoms with van der Waals surface area (Å²) < 4.78 is 5.98. The predicted octanol–water partition coefficient (Wildman–Crippen LogP) is 3.05. The highest BCUT2D eigenvalue weighted by atomic mass is 79.9. The number of nitrogens with two attached hydrogens (primary N) is 1. The van der Waals surface area contributed by atoms with Gasteiger partial charge in [0.25, 0.3) is 0 Å². The highest BCUT2D eigenvalue weighted by Gasteiger charge is 2.11. The maximum Gasteiger partial charge on any atom is 0.172 e. The predicted molar refractivity (Wildman–Crippen MR) is 65.3 cm³/mol. The van der Waals surface area contributed by atoms with Crippen LogP contribution in [0.1, 0.15) is 16.1 Å². The number of carbonyl (C=O) groups is 1. The average molecular weight is 280 g/mol.